The fourth-order valence-electron chi connectivity index (χ4n) is 4.31. The van der Waals surface area contributed by atoms with Gasteiger partial charge in [0.05, 0.1) is 12.7 Å². The second kappa shape index (κ2) is 5.92. The fourth-order valence-corrected chi connectivity index (χ4v) is 4.31. The minimum atomic E-state index is 0.197. The number of benzene rings is 1. The molecule has 4 nitrogen and oxygen atoms in total. The Morgan fingerprint density at radius 1 is 1.21 bits per heavy atom. The van der Waals surface area contributed by atoms with Crippen molar-refractivity contribution in [1.82, 2.24) is 10.2 Å². The maximum absolute atomic E-state index is 12.8. The topological polar surface area (TPSA) is 45.5 Å². The molecule has 128 valence electrons. The number of aryl methyl sites for hydroxylation is 2. The van der Waals surface area contributed by atoms with E-state index in [-0.39, 0.29) is 5.91 Å². The zero-order valence-electron chi connectivity index (χ0n) is 14.8. The van der Waals surface area contributed by atoms with Crippen LogP contribution >= 0.6 is 0 Å². The predicted octanol–water partition coefficient (Wildman–Crippen LogP) is 3.33. The van der Waals surface area contributed by atoms with Crippen molar-refractivity contribution in [2.24, 2.45) is 0 Å². The lowest BCUT2D eigenvalue weighted by molar-refractivity contribution is -0.131. The van der Waals surface area contributed by atoms with Gasteiger partial charge in [0.15, 0.2) is 0 Å². The summed E-state index contributed by atoms with van der Waals surface area (Å²) in [7, 11) is 1.97. The third-order valence-electron chi connectivity index (χ3n) is 6.00. The molecule has 1 aromatic heterocycles. The van der Waals surface area contributed by atoms with Crippen LogP contribution in [-0.2, 0) is 11.2 Å². The van der Waals surface area contributed by atoms with Crippen LogP contribution in [0.2, 0.25) is 0 Å². The van der Waals surface area contributed by atoms with E-state index in [1.165, 1.54) is 24.0 Å². The first-order chi connectivity index (χ1) is 11.5. The highest BCUT2D eigenvalue weighted by molar-refractivity contribution is 5.88. The largest absolute Gasteiger partial charge is 0.464 e. The van der Waals surface area contributed by atoms with Crippen LogP contribution in [0.15, 0.2) is 22.8 Å². The van der Waals surface area contributed by atoms with Gasteiger partial charge in [-0.15, -0.1) is 0 Å². The van der Waals surface area contributed by atoms with Crippen molar-refractivity contribution in [3.05, 3.63) is 35.1 Å². The van der Waals surface area contributed by atoms with Crippen molar-refractivity contribution in [2.75, 3.05) is 7.05 Å². The zero-order valence-corrected chi connectivity index (χ0v) is 14.8. The van der Waals surface area contributed by atoms with E-state index < -0.39 is 0 Å². The van der Waals surface area contributed by atoms with Crippen LogP contribution in [0.5, 0.6) is 0 Å². The van der Waals surface area contributed by atoms with Crippen molar-refractivity contribution in [2.45, 2.75) is 64.1 Å². The van der Waals surface area contributed by atoms with Crippen LogP contribution in [0, 0.1) is 13.8 Å². The molecule has 2 saturated heterocycles. The molecule has 0 radical (unpaired) electrons. The zero-order chi connectivity index (χ0) is 16.8. The van der Waals surface area contributed by atoms with Gasteiger partial charge in [0.2, 0.25) is 5.91 Å². The van der Waals surface area contributed by atoms with Crippen molar-refractivity contribution in [3.63, 3.8) is 0 Å². The van der Waals surface area contributed by atoms with E-state index in [1.807, 2.05) is 11.9 Å². The number of hydrogen-bond donors (Lipinski definition) is 1. The minimum Gasteiger partial charge on any atom is -0.464 e. The van der Waals surface area contributed by atoms with Crippen LogP contribution < -0.4 is 5.32 Å². The van der Waals surface area contributed by atoms with Crippen molar-refractivity contribution >= 4 is 16.9 Å². The first-order valence-electron chi connectivity index (χ1n) is 9.00. The Labute approximate surface area is 143 Å². The Kier molecular flexibility index (Phi) is 3.87. The summed E-state index contributed by atoms with van der Waals surface area (Å²) in [6, 6.07) is 5.78. The molecule has 2 bridgehead atoms. The van der Waals surface area contributed by atoms with E-state index in [4.69, 9.17) is 4.42 Å². The molecule has 0 spiro atoms. The van der Waals surface area contributed by atoms with Gasteiger partial charge in [-0.2, -0.15) is 0 Å². The lowest BCUT2D eigenvalue weighted by atomic mass is 9.97. The maximum atomic E-state index is 12.8. The molecule has 0 saturated carbocycles. The molecule has 3 heterocycles. The molecule has 2 fully saturated rings. The van der Waals surface area contributed by atoms with Crippen LogP contribution in [0.25, 0.3) is 11.0 Å². The van der Waals surface area contributed by atoms with Crippen LogP contribution in [-0.4, -0.2) is 36.0 Å². The molecule has 2 unspecified atom stereocenters. The molecule has 4 rings (SSSR count). The van der Waals surface area contributed by atoms with E-state index >= 15 is 0 Å². The van der Waals surface area contributed by atoms with Gasteiger partial charge in [-0.1, -0.05) is 0 Å². The van der Waals surface area contributed by atoms with Crippen LogP contribution in [0.3, 0.4) is 0 Å². The average molecular weight is 326 g/mol. The summed E-state index contributed by atoms with van der Waals surface area (Å²) < 4.78 is 5.67. The molecule has 2 aliphatic heterocycles. The molecule has 2 aliphatic rings. The van der Waals surface area contributed by atoms with Gasteiger partial charge < -0.3 is 14.6 Å². The number of nitrogens with zero attached hydrogens (tertiary/aromatic N) is 1. The van der Waals surface area contributed by atoms with Crippen LogP contribution in [0.4, 0.5) is 0 Å². The van der Waals surface area contributed by atoms with E-state index in [1.54, 1.807) is 6.26 Å². The minimum absolute atomic E-state index is 0.197. The number of amides is 1. The maximum Gasteiger partial charge on any atom is 0.227 e. The number of likely N-dealkylation sites (N-methyl/N-ethyl adjacent to an activating group) is 1. The molecule has 24 heavy (non-hydrogen) atoms. The summed E-state index contributed by atoms with van der Waals surface area (Å²) >= 11 is 0. The lowest BCUT2D eigenvalue weighted by Gasteiger charge is -2.35. The highest BCUT2D eigenvalue weighted by Crippen LogP contribution is 2.30. The molecular weight excluding hydrogens is 300 g/mol. The number of rotatable bonds is 3. The lowest BCUT2D eigenvalue weighted by Crippen LogP contribution is -2.49. The van der Waals surface area contributed by atoms with E-state index in [9.17, 15) is 4.79 Å². The smallest absolute Gasteiger partial charge is 0.227 e. The van der Waals surface area contributed by atoms with Gasteiger partial charge in [0, 0.05) is 36.1 Å². The molecule has 0 aliphatic carbocycles. The third kappa shape index (κ3) is 2.73. The number of carbonyl (C=O) groups is 1. The number of nitrogens with one attached hydrogen (secondary N) is 1. The molecular formula is C20H26N2O2. The van der Waals surface area contributed by atoms with Gasteiger partial charge in [-0.25, -0.2) is 0 Å². The highest BCUT2D eigenvalue weighted by atomic mass is 16.3. The average Bonchev–Trinajstić information content (AvgIpc) is 3.10. The molecule has 1 aromatic carbocycles. The van der Waals surface area contributed by atoms with Crippen molar-refractivity contribution in [3.8, 4) is 0 Å². The highest BCUT2D eigenvalue weighted by Gasteiger charge is 2.36. The molecule has 1 amide bonds. The Bertz CT molecular complexity index is 767. The summed E-state index contributed by atoms with van der Waals surface area (Å²) in [5.74, 6) is 0.197. The SMILES string of the molecule is Cc1cc2occ(CC(=O)N(C)C3CC4CCC(C3)N4)c2cc1C. The Hall–Kier alpha value is -1.81. The predicted molar refractivity (Wildman–Crippen MR) is 95.1 cm³/mol. The van der Waals surface area contributed by atoms with Gasteiger partial charge in [-0.05, 0) is 62.8 Å². The van der Waals surface area contributed by atoms with Gasteiger partial charge in [-0.3, -0.25) is 4.79 Å². The van der Waals surface area contributed by atoms with Gasteiger partial charge in [0.25, 0.3) is 0 Å². The van der Waals surface area contributed by atoms with E-state index in [0.29, 0.717) is 24.5 Å². The summed E-state index contributed by atoms with van der Waals surface area (Å²) in [6.07, 6.45) is 6.86. The number of carbonyl (C=O) groups excluding carboxylic acids is 1. The third-order valence-corrected chi connectivity index (χ3v) is 6.00. The Balaban J connectivity index is 1.50. The summed E-state index contributed by atoms with van der Waals surface area (Å²) in [4.78, 5) is 14.8. The number of furan rings is 1. The van der Waals surface area contributed by atoms with Crippen molar-refractivity contribution in [1.29, 1.82) is 0 Å². The summed E-state index contributed by atoms with van der Waals surface area (Å²) in [5, 5.41) is 4.72. The number of hydrogen-bond acceptors (Lipinski definition) is 3. The Morgan fingerprint density at radius 3 is 2.58 bits per heavy atom. The second-order valence-electron chi connectivity index (χ2n) is 7.64. The van der Waals surface area contributed by atoms with E-state index in [2.05, 4.69) is 31.3 Å². The fraction of sp³-hybridized carbons (Fsp3) is 0.550. The van der Waals surface area contributed by atoms with Crippen molar-refractivity contribution < 1.29 is 9.21 Å². The number of piperidine rings is 1. The monoisotopic (exact) mass is 326 g/mol. The molecule has 2 atom stereocenters. The molecule has 1 N–H and O–H groups in total. The second-order valence-corrected chi connectivity index (χ2v) is 7.64. The summed E-state index contributed by atoms with van der Waals surface area (Å²) in [5.41, 5.74) is 4.34. The Morgan fingerprint density at radius 2 is 1.88 bits per heavy atom. The normalized spacial score (nSPS) is 26.0. The van der Waals surface area contributed by atoms with Gasteiger partial charge in [0.1, 0.15) is 5.58 Å². The number of fused-ring (bicyclic) bond motifs is 3. The summed E-state index contributed by atoms with van der Waals surface area (Å²) in [6.45, 7) is 4.19. The van der Waals surface area contributed by atoms with E-state index in [0.717, 1.165) is 29.4 Å². The quantitative estimate of drug-likeness (QED) is 0.941. The first kappa shape index (κ1) is 15.7. The van der Waals surface area contributed by atoms with Gasteiger partial charge >= 0.3 is 0 Å². The first-order valence-corrected chi connectivity index (χ1v) is 9.00. The standard InChI is InChI=1S/C20H26N2O2/c1-12-6-18-14(11-24-19(18)7-13(12)2)8-20(23)22(3)17-9-15-4-5-16(10-17)21-15/h6-7,11,15-17,21H,4-5,8-10H2,1-3H3. The molecule has 2 aromatic rings. The molecule has 4 heteroatoms. The van der Waals surface area contributed by atoms with Crippen LogP contribution in [0.1, 0.15) is 42.4 Å².